The quantitative estimate of drug-likeness (QED) is 0.297. The van der Waals surface area contributed by atoms with Crippen molar-refractivity contribution in [2.75, 3.05) is 32.1 Å². The van der Waals surface area contributed by atoms with E-state index >= 15 is 0 Å². The van der Waals surface area contributed by atoms with Crippen molar-refractivity contribution in [2.45, 2.75) is 33.3 Å². The number of amides is 1. The van der Waals surface area contributed by atoms with Crippen molar-refractivity contribution in [3.05, 3.63) is 24.5 Å². The Kier molecular flexibility index (Phi) is 13.0. The molecule has 0 radical (unpaired) electrons. The summed E-state index contributed by atoms with van der Waals surface area (Å²) >= 11 is 0. The van der Waals surface area contributed by atoms with Crippen LogP contribution in [0.1, 0.15) is 27.2 Å². The molecule has 1 unspecified atom stereocenters. The molecule has 3 N–H and O–H groups in total. The summed E-state index contributed by atoms with van der Waals surface area (Å²) in [5.41, 5.74) is 0.670. The zero-order valence-corrected chi connectivity index (χ0v) is 17.7. The fourth-order valence-corrected chi connectivity index (χ4v) is 2.18. The van der Waals surface area contributed by atoms with Gasteiger partial charge >= 0.3 is 0 Å². The first-order chi connectivity index (χ1) is 11.6. The van der Waals surface area contributed by atoms with Gasteiger partial charge in [-0.2, -0.15) is 0 Å². The van der Waals surface area contributed by atoms with Gasteiger partial charge in [0.15, 0.2) is 5.96 Å². The van der Waals surface area contributed by atoms with Crippen LogP contribution < -0.4 is 16.0 Å². The van der Waals surface area contributed by atoms with Gasteiger partial charge in [0.2, 0.25) is 5.91 Å². The minimum Gasteiger partial charge on any atom is -0.378 e. The number of carbonyl (C=O) groups is 1. The van der Waals surface area contributed by atoms with E-state index < -0.39 is 0 Å². The van der Waals surface area contributed by atoms with Crippen LogP contribution in [0.15, 0.2) is 29.5 Å². The van der Waals surface area contributed by atoms with Gasteiger partial charge in [0, 0.05) is 26.4 Å². The lowest BCUT2D eigenvalue weighted by Crippen LogP contribution is -2.42. The Morgan fingerprint density at radius 2 is 2.12 bits per heavy atom. The molecular formula is C17H30IN5O2. The molecule has 1 amide bonds. The van der Waals surface area contributed by atoms with Gasteiger partial charge in [-0.1, -0.05) is 13.8 Å². The van der Waals surface area contributed by atoms with E-state index in [-0.39, 0.29) is 42.5 Å². The third kappa shape index (κ3) is 10.2. The van der Waals surface area contributed by atoms with Crippen LogP contribution in [-0.4, -0.2) is 49.7 Å². The van der Waals surface area contributed by atoms with E-state index in [0.717, 1.165) is 13.0 Å². The molecule has 8 heteroatoms. The van der Waals surface area contributed by atoms with Gasteiger partial charge in [-0.15, -0.1) is 24.0 Å². The molecule has 0 fully saturated rings. The largest absolute Gasteiger partial charge is 0.378 e. The number of ether oxygens (including phenoxy) is 1. The van der Waals surface area contributed by atoms with E-state index in [1.54, 1.807) is 31.6 Å². The second-order valence-corrected chi connectivity index (χ2v) is 5.67. The Labute approximate surface area is 167 Å². The fraction of sp³-hybridized carbons (Fsp3) is 0.588. The number of carbonyl (C=O) groups excluding carboxylic acids is 1. The molecule has 0 aliphatic heterocycles. The maximum Gasteiger partial charge on any atom is 0.243 e. The molecular weight excluding hydrogens is 433 g/mol. The summed E-state index contributed by atoms with van der Waals surface area (Å²) < 4.78 is 5.71. The molecule has 0 spiro atoms. The summed E-state index contributed by atoms with van der Waals surface area (Å²) in [7, 11) is 1.68. The minimum absolute atomic E-state index is 0. The SMILES string of the molecule is CCOC(CCNC(=NC)NCC(=O)Nc1cccnc1)C(C)C.I. The van der Waals surface area contributed by atoms with Crippen molar-refractivity contribution in [2.24, 2.45) is 10.9 Å². The van der Waals surface area contributed by atoms with Crippen LogP contribution in [0.25, 0.3) is 0 Å². The molecule has 25 heavy (non-hydrogen) atoms. The molecule has 1 aromatic heterocycles. The third-order valence-electron chi connectivity index (χ3n) is 3.43. The van der Waals surface area contributed by atoms with E-state index in [1.165, 1.54) is 0 Å². The number of halogens is 1. The van der Waals surface area contributed by atoms with Crippen LogP contribution in [0.5, 0.6) is 0 Å². The zero-order chi connectivity index (χ0) is 17.8. The smallest absolute Gasteiger partial charge is 0.243 e. The van der Waals surface area contributed by atoms with E-state index in [0.29, 0.717) is 24.2 Å². The van der Waals surface area contributed by atoms with Gasteiger partial charge < -0.3 is 20.7 Å². The first-order valence-electron chi connectivity index (χ1n) is 8.32. The summed E-state index contributed by atoms with van der Waals surface area (Å²) in [6, 6.07) is 3.56. The van der Waals surface area contributed by atoms with Crippen molar-refractivity contribution in [1.29, 1.82) is 0 Å². The second kappa shape index (κ2) is 13.8. The molecule has 7 nitrogen and oxygen atoms in total. The maximum atomic E-state index is 11.9. The van der Waals surface area contributed by atoms with Crippen LogP contribution in [0.4, 0.5) is 5.69 Å². The molecule has 0 bridgehead atoms. The predicted molar refractivity (Wildman–Crippen MR) is 113 cm³/mol. The van der Waals surface area contributed by atoms with Crippen molar-refractivity contribution >= 4 is 41.5 Å². The van der Waals surface area contributed by atoms with Crippen molar-refractivity contribution in [1.82, 2.24) is 15.6 Å². The monoisotopic (exact) mass is 463 g/mol. The van der Waals surface area contributed by atoms with Gasteiger partial charge in [0.25, 0.3) is 0 Å². The minimum atomic E-state index is -0.152. The molecule has 1 rings (SSSR count). The number of hydrogen-bond acceptors (Lipinski definition) is 4. The maximum absolute atomic E-state index is 11.9. The van der Waals surface area contributed by atoms with Gasteiger partial charge in [-0.05, 0) is 31.4 Å². The molecule has 0 aliphatic rings. The summed E-state index contributed by atoms with van der Waals surface area (Å²) in [5, 5.41) is 8.95. The standard InChI is InChI=1S/C17H29N5O2.HI/c1-5-24-15(13(2)3)8-10-20-17(18-4)21-12-16(23)22-14-7-6-9-19-11-14;/h6-7,9,11,13,15H,5,8,10,12H2,1-4H3,(H,22,23)(H2,18,20,21);1H. The molecule has 1 heterocycles. The zero-order valence-electron chi connectivity index (χ0n) is 15.4. The Morgan fingerprint density at radius 3 is 2.68 bits per heavy atom. The summed E-state index contributed by atoms with van der Waals surface area (Å²) in [6.45, 7) is 7.88. The number of nitrogens with one attached hydrogen (secondary N) is 3. The van der Waals surface area contributed by atoms with Crippen LogP contribution >= 0.6 is 24.0 Å². The Balaban J connectivity index is 0.00000576. The third-order valence-corrected chi connectivity index (χ3v) is 3.43. The highest BCUT2D eigenvalue weighted by Gasteiger charge is 2.13. The molecule has 0 saturated carbocycles. The van der Waals surface area contributed by atoms with Crippen molar-refractivity contribution < 1.29 is 9.53 Å². The molecule has 1 atom stereocenters. The molecule has 1 aromatic rings. The van der Waals surface area contributed by atoms with Crippen LogP contribution in [-0.2, 0) is 9.53 Å². The number of rotatable bonds is 9. The van der Waals surface area contributed by atoms with Crippen LogP contribution in [0.2, 0.25) is 0 Å². The summed E-state index contributed by atoms with van der Waals surface area (Å²) in [4.78, 5) is 20.0. The van der Waals surface area contributed by atoms with E-state index in [2.05, 4.69) is 39.8 Å². The van der Waals surface area contributed by atoms with Crippen LogP contribution in [0.3, 0.4) is 0 Å². The van der Waals surface area contributed by atoms with Gasteiger partial charge in [0.1, 0.15) is 0 Å². The lowest BCUT2D eigenvalue weighted by atomic mass is 10.0. The topological polar surface area (TPSA) is 87.6 Å². The number of anilines is 1. The highest BCUT2D eigenvalue weighted by atomic mass is 127. The van der Waals surface area contributed by atoms with Gasteiger partial charge in [-0.25, -0.2) is 0 Å². The number of aromatic nitrogens is 1. The van der Waals surface area contributed by atoms with E-state index in [4.69, 9.17) is 4.74 Å². The number of hydrogen-bond donors (Lipinski definition) is 3. The molecule has 0 aliphatic carbocycles. The van der Waals surface area contributed by atoms with E-state index in [9.17, 15) is 4.79 Å². The Morgan fingerprint density at radius 1 is 1.36 bits per heavy atom. The normalized spacial score (nSPS) is 12.3. The molecule has 142 valence electrons. The highest BCUT2D eigenvalue weighted by molar-refractivity contribution is 14.0. The summed E-state index contributed by atoms with van der Waals surface area (Å²) in [6.07, 6.45) is 4.36. The predicted octanol–water partition coefficient (Wildman–Crippen LogP) is 2.25. The lowest BCUT2D eigenvalue weighted by molar-refractivity contribution is -0.115. The molecule has 0 aromatic carbocycles. The van der Waals surface area contributed by atoms with E-state index in [1.807, 2.05) is 6.92 Å². The average molecular weight is 463 g/mol. The van der Waals surface area contributed by atoms with Gasteiger partial charge in [0.05, 0.1) is 24.5 Å². The first-order valence-corrected chi connectivity index (χ1v) is 8.32. The lowest BCUT2D eigenvalue weighted by Gasteiger charge is -2.21. The number of aliphatic imine (C=N–C) groups is 1. The highest BCUT2D eigenvalue weighted by Crippen LogP contribution is 2.09. The number of nitrogens with zero attached hydrogens (tertiary/aromatic N) is 2. The second-order valence-electron chi connectivity index (χ2n) is 5.67. The average Bonchev–Trinajstić information content (AvgIpc) is 2.57. The fourth-order valence-electron chi connectivity index (χ4n) is 2.18. The molecule has 0 saturated heterocycles. The van der Waals surface area contributed by atoms with Crippen LogP contribution in [0, 0.1) is 5.92 Å². The first kappa shape index (κ1) is 23.6. The number of pyridine rings is 1. The van der Waals surface area contributed by atoms with Crippen molar-refractivity contribution in [3.8, 4) is 0 Å². The Hall–Kier alpha value is -1.42. The van der Waals surface area contributed by atoms with Gasteiger partial charge in [-0.3, -0.25) is 14.8 Å². The van der Waals surface area contributed by atoms with Crippen molar-refractivity contribution in [3.63, 3.8) is 0 Å². The Bertz CT molecular complexity index is 511. The summed E-state index contributed by atoms with van der Waals surface area (Å²) in [5.74, 6) is 0.905. The number of guanidine groups is 1.